The van der Waals surface area contributed by atoms with Crippen molar-refractivity contribution >= 4 is 33.3 Å². The van der Waals surface area contributed by atoms with Crippen molar-refractivity contribution in [3.63, 3.8) is 0 Å². The van der Waals surface area contributed by atoms with Crippen molar-refractivity contribution in [2.75, 3.05) is 27.2 Å². The minimum absolute atomic E-state index is 0.280. The largest absolute Gasteiger partial charge is 0.443 e. The molecule has 2 aromatic rings. The summed E-state index contributed by atoms with van der Waals surface area (Å²) in [5.41, 5.74) is 2.46. The van der Waals surface area contributed by atoms with Gasteiger partial charge in [0.15, 0.2) is 0 Å². The van der Waals surface area contributed by atoms with E-state index < -0.39 is 5.60 Å². The summed E-state index contributed by atoms with van der Waals surface area (Å²) in [6.07, 6.45) is 4.94. The number of aromatic nitrogens is 1. The number of ether oxygens (including phenoxy) is 1. The van der Waals surface area contributed by atoms with Crippen molar-refractivity contribution in [2.45, 2.75) is 52.6 Å². The summed E-state index contributed by atoms with van der Waals surface area (Å²) in [5, 5.41) is 1.18. The van der Waals surface area contributed by atoms with E-state index in [0.29, 0.717) is 12.5 Å². The lowest BCUT2D eigenvalue weighted by atomic mass is 9.98. The van der Waals surface area contributed by atoms with Gasteiger partial charge in [0.2, 0.25) is 0 Å². The van der Waals surface area contributed by atoms with Gasteiger partial charge in [0.05, 0.1) is 20.9 Å². The Morgan fingerprint density at radius 2 is 2.10 bits per heavy atom. The number of hydrogen-bond donors (Lipinski definition) is 0. The van der Waals surface area contributed by atoms with Gasteiger partial charge >= 0.3 is 6.09 Å². The highest BCUT2D eigenvalue weighted by Crippen LogP contribution is 2.32. The molecule has 6 heteroatoms. The minimum Gasteiger partial charge on any atom is -0.443 e. The number of nitrogens with zero attached hydrogens (tertiary/aromatic N) is 3. The molecule has 0 unspecified atom stereocenters. The highest BCUT2D eigenvalue weighted by atomic mass is 32.1. The molecule has 0 fully saturated rings. The molecule has 0 saturated heterocycles. The molecule has 1 amide bonds. The van der Waals surface area contributed by atoms with Crippen LogP contribution < -0.4 is 0 Å². The Kier molecular flexibility index (Phi) is 6.64. The maximum atomic E-state index is 12.8. The van der Waals surface area contributed by atoms with Gasteiger partial charge in [0, 0.05) is 18.5 Å². The van der Waals surface area contributed by atoms with Crippen LogP contribution in [0.5, 0.6) is 0 Å². The molecule has 0 saturated carbocycles. The van der Waals surface area contributed by atoms with Crippen molar-refractivity contribution in [2.24, 2.45) is 5.92 Å². The van der Waals surface area contributed by atoms with Gasteiger partial charge in [0.1, 0.15) is 5.60 Å². The second-order valence-electron chi connectivity index (χ2n) is 9.22. The number of fused-ring (bicyclic) bond motifs is 1. The van der Waals surface area contributed by atoms with Crippen LogP contribution >= 0.6 is 11.3 Å². The van der Waals surface area contributed by atoms with Gasteiger partial charge in [-0.2, -0.15) is 0 Å². The molecule has 158 valence electrons. The summed E-state index contributed by atoms with van der Waals surface area (Å²) in [5.74, 6) is 0.414. The monoisotopic (exact) mass is 415 g/mol. The molecule has 0 spiro atoms. The molecule has 1 atom stereocenters. The maximum absolute atomic E-state index is 12.8. The second kappa shape index (κ2) is 8.84. The lowest BCUT2D eigenvalue weighted by molar-refractivity contribution is 0.0327. The summed E-state index contributed by atoms with van der Waals surface area (Å²) in [6, 6.07) is 6.34. The summed E-state index contributed by atoms with van der Waals surface area (Å²) in [7, 11) is 4.19. The Morgan fingerprint density at radius 3 is 2.79 bits per heavy atom. The van der Waals surface area contributed by atoms with E-state index in [1.807, 2.05) is 20.8 Å². The Hall–Kier alpha value is -1.92. The molecule has 0 aliphatic carbocycles. The van der Waals surface area contributed by atoms with Gasteiger partial charge in [-0.25, -0.2) is 9.78 Å². The molecule has 0 N–H and O–H groups in total. The van der Waals surface area contributed by atoms with E-state index in [0.717, 1.165) is 42.6 Å². The highest BCUT2D eigenvalue weighted by molar-refractivity contribution is 7.18. The minimum atomic E-state index is -0.511. The third-order valence-corrected chi connectivity index (χ3v) is 5.93. The number of amides is 1. The quantitative estimate of drug-likeness (QED) is 0.655. The fourth-order valence-electron chi connectivity index (χ4n) is 3.46. The van der Waals surface area contributed by atoms with E-state index in [1.165, 1.54) is 9.71 Å². The van der Waals surface area contributed by atoms with Crippen molar-refractivity contribution in [1.29, 1.82) is 0 Å². The SMILES string of the molecule is C[C@H]1CC=C(c2ccc3sc(CCCN(C)C)nc3c2)N(C(=O)OC(C)(C)C)C1. The van der Waals surface area contributed by atoms with Gasteiger partial charge in [0.25, 0.3) is 0 Å². The summed E-state index contributed by atoms with van der Waals surface area (Å²) in [6.45, 7) is 9.61. The normalized spacial score (nSPS) is 17.7. The zero-order valence-electron chi connectivity index (χ0n) is 18.5. The fraction of sp³-hybridized carbons (Fsp3) is 0.565. The van der Waals surface area contributed by atoms with E-state index in [9.17, 15) is 4.79 Å². The summed E-state index contributed by atoms with van der Waals surface area (Å²) >= 11 is 1.77. The van der Waals surface area contributed by atoms with Crippen LogP contribution in [0.2, 0.25) is 0 Å². The molecule has 1 aromatic carbocycles. The average Bonchev–Trinajstić information content (AvgIpc) is 3.01. The molecule has 3 rings (SSSR count). The lowest BCUT2D eigenvalue weighted by Gasteiger charge is -2.33. The zero-order chi connectivity index (χ0) is 21.2. The molecule has 1 aliphatic rings. The molecule has 1 aliphatic heterocycles. The van der Waals surface area contributed by atoms with Crippen molar-refractivity contribution in [3.8, 4) is 0 Å². The molecule has 0 radical (unpaired) electrons. The summed E-state index contributed by atoms with van der Waals surface area (Å²) in [4.78, 5) is 21.7. The van der Waals surface area contributed by atoms with Gasteiger partial charge in [-0.15, -0.1) is 11.3 Å². The standard InChI is InChI=1S/C23H33N3O2S/c1-16-9-11-19(26(15-16)22(27)28-23(2,3)4)17-10-12-20-18(14-17)24-21(29-20)8-7-13-25(5)6/h10-12,14,16H,7-9,13,15H2,1-6H3/t16-/m0/s1. The van der Waals surface area contributed by atoms with Crippen LogP contribution in [0.3, 0.4) is 0 Å². The maximum Gasteiger partial charge on any atom is 0.414 e. The number of carbonyl (C=O) groups is 1. The predicted octanol–water partition coefficient (Wildman–Crippen LogP) is 5.41. The van der Waals surface area contributed by atoms with E-state index in [2.05, 4.69) is 50.2 Å². The first-order chi connectivity index (χ1) is 13.6. The molecule has 2 heterocycles. The van der Waals surface area contributed by atoms with E-state index >= 15 is 0 Å². The zero-order valence-corrected chi connectivity index (χ0v) is 19.3. The number of thiazole rings is 1. The Morgan fingerprint density at radius 1 is 1.34 bits per heavy atom. The van der Waals surface area contributed by atoms with Gasteiger partial charge in [-0.05, 0) is 72.3 Å². The van der Waals surface area contributed by atoms with Crippen LogP contribution in [0.15, 0.2) is 24.3 Å². The summed E-state index contributed by atoms with van der Waals surface area (Å²) < 4.78 is 6.86. The molecular formula is C23H33N3O2S. The number of carbonyl (C=O) groups excluding carboxylic acids is 1. The predicted molar refractivity (Wildman–Crippen MR) is 121 cm³/mol. The molecular weight excluding hydrogens is 382 g/mol. The number of allylic oxidation sites excluding steroid dienone is 1. The number of benzene rings is 1. The van der Waals surface area contributed by atoms with Crippen molar-refractivity contribution in [1.82, 2.24) is 14.8 Å². The molecule has 1 aromatic heterocycles. The number of hydrogen-bond acceptors (Lipinski definition) is 5. The first kappa shape index (κ1) is 21.8. The first-order valence-corrected chi connectivity index (χ1v) is 11.2. The third-order valence-electron chi connectivity index (χ3n) is 4.84. The number of rotatable bonds is 5. The van der Waals surface area contributed by atoms with Gasteiger partial charge < -0.3 is 9.64 Å². The van der Waals surface area contributed by atoms with Crippen LogP contribution in [0.1, 0.15) is 51.1 Å². The van der Waals surface area contributed by atoms with Gasteiger partial charge in [-0.1, -0.05) is 19.1 Å². The van der Waals surface area contributed by atoms with Crippen molar-refractivity contribution < 1.29 is 9.53 Å². The average molecular weight is 416 g/mol. The lowest BCUT2D eigenvalue weighted by Crippen LogP contribution is -2.39. The second-order valence-corrected chi connectivity index (χ2v) is 10.3. The molecule has 0 bridgehead atoms. The Labute approximate surface area is 178 Å². The fourth-order valence-corrected chi connectivity index (χ4v) is 4.45. The van der Waals surface area contributed by atoms with Crippen LogP contribution in [0.4, 0.5) is 4.79 Å². The van der Waals surface area contributed by atoms with E-state index in [1.54, 1.807) is 16.2 Å². The number of aryl methyl sites for hydroxylation is 1. The Balaban J connectivity index is 1.84. The highest BCUT2D eigenvalue weighted by Gasteiger charge is 2.29. The van der Waals surface area contributed by atoms with Crippen molar-refractivity contribution in [3.05, 3.63) is 34.8 Å². The van der Waals surface area contributed by atoms with Crippen LogP contribution in [-0.2, 0) is 11.2 Å². The van der Waals surface area contributed by atoms with Gasteiger partial charge in [-0.3, -0.25) is 4.90 Å². The smallest absolute Gasteiger partial charge is 0.414 e. The Bertz CT molecular complexity index is 895. The van der Waals surface area contributed by atoms with Crippen LogP contribution in [-0.4, -0.2) is 53.7 Å². The molecule has 5 nitrogen and oxygen atoms in total. The van der Waals surface area contributed by atoms with E-state index in [4.69, 9.17) is 9.72 Å². The third kappa shape index (κ3) is 5.80. The van der Waals surface area contributed by atoms with Crippen LogP contribution in [0, 0.1) is 5.92 Å². The molecule has 29 heavy (non-hydrogen) atoms. The topological polar surface area (TPSA) is 45.7 Å². The van der Waals surface area contributed by atoms with Crippen LogP contribution in [0.25, 0.3) is 15.9 Å². The van der Waals surface area contributed by atoms with E-state index in [-0.39, 0.29) is 6.09 Å². The first-order valence-electron chi connectivity index (χ1n) is 10.4.